The minimum atomic E-state index is -5.08. The van der Waals surface area contributed by atoms with Gasteiger partial charge in [-0.1, -0.05) is 0 Å². The Labute approximate surface area is 165 Å². The summed E-state index contributed by atoms with van der Waals surface area (Å²) in [5, 5.41) is 11.7. The average molecular weight is 420 g/mol. The lowest BCUT2D eigenvalue weighted by atomic mass is 9.94. The van der Waals surface area contributed by atoms with Gasteiger partial charge in [-0.25, -0.2) is 9.18 Å². The topological polar surface area (TPSA) is 83.6 Å². The molecular formula is C19H24F4N2O4. The van der Waals surface area contributed by atoms with E-state index in [1.165, 1.54) is 0 Å². The number of aromatic nitrogens is 1. The second kappa shape index (κ2) is 9.82. The molecule has 0 saturated heterocycles. The van der Waals surface area contributed by atoms with Gasteiger partial charge in [0.1, 0.15) is 17.7 Å². The molecule has 29 heavy (non-hydrogen) atoms. The number of ether oxygens (including phenoxy) is 2. The van der Waals surface area contributed by atoms with E-state index in [9.17, 15) is 17.6 Å². The van der Waals surface area contributed by atoms with Crippen molar-refractivity contribution >= 4 is 16.9 Å². The van der Waals surface area contributed by atoms with Crippen molar-refractivity contribution in [2.24, 2.45) is 0 Å². The fourth-order valence-electron chi connectivity index (χ4n) is 3.13. The van der Waals surface area contributed by atoms with Gasteiger partial charge in [-0.15, -0.1) is 0 Å². The third kappa shape index (κ3) is 6.52. The van der Waals surface area contributed by atoms with E-state index in [-0.39, 0.29) is 0 Å². The fraction of sp³-hybridized carbons (Fsp3) is 0.526. The largest absolute Gasteiger partial charge is 0.497 e. The Hall–Kier alpha value is -2.49. The van der Waals surface area contributed by atoms with Crippen LogP contribution in [0.1, 0.15) is 31.4 Å². The summed E-state index contributed by atoms with van der Waals surface area (Å²) in [7, 11) is 3.31. The molecule has 1 heterocycles. The van der Waals surface area contributed by atoms with Crippen LogP contribution in [0, 0.1) is 0 Å². The first-order valence-electron chi connectivity index (χ1n) is 9.05. The van der Waals surface area contributed by atoms with E-state index in [1.54, 1.807) is 14.2 Å². The molecule has 0 atom stereocenters. The second-order valence-electron chi connectivity index (χ2n) is 6.72. The first-order valence-corrected chi connectivity index (χ1v) is 9.05. The molecule has 10 heteroatoms. The first-order chi connectivity index (χ1) is 13.6. The van der Waals surface area contributed by atoms with Crippen LogP contribution in [0.25, 0.3) is 10.9 Å². The molecule has 0 amide bonds. The van der Waals surface area contributed by atoms with Gasteiger partial charge in [-0.05, 0) is 31.7 Å². The number of alkyl halides is 4. The zero-order valence-corrected chi connectivity index (χ0v) is 16.1. The normalized spacial score (nSPS) is 19.4. The Morgan fingerprint density at radius 3 is 2.31 bits per heavy atom. The van der Waals surface area contributed by atoms with Gasteiger partial charge in [0.05, 0.1) is 19.7 Å². The molecule has 6 nitrogen and oxygen atoms in total. The van der Waals surface area contributed by atoms with Crippen LogP contribution in [-0.4, -0.2) is 48.7 Å². The number of nitrogens with one attached hydrogen (secondary N) is 2. The predicted molar refractivity (Wildman–Crippen MR) is 99.1 cm³/mol. The number of H-pyrrole nitrogens is 1. The van der Waals surface area contributed by atoms with E-state index in [1.807, 2.05) is 12.1 Å². The van der Waals surface area contributed by atoms with Crippen molar-refractivity contribution < 1.29 is 36.9 Å². The number of carboxylic acids is 1. The molecule has 3 rings (SSSR count). The summed E-state index contributed by atoms with van der Waals surface area (Å²) in [6.07, 6.45) is -2.51. The molecule has 1 aliphatic carbocycles. The van der Waals surface area contributed by atoms with Crippen molar-refractivity contribution in [1.29, 1.82) is 0 Å². The van der Waals surface area contributed by atoms with Crippen LogP contribution < -0.4 is 14.8 Å². The van der Waals surface area contributed by atoms with Gasteiger partial charge in [0, 0.05) is 35.8 Å². The van der Waals surface area contributed by atoms with Crippen LogP contribution in [-0.2, 0) is 11.3 Å². The summed E-state index contributed by atoms with van der Waals surface area (Å²) in [4.78, 5) is 12.3. The van der Waals surface area contributed by atoms with Gasteiger partial charge in [-0.3, -0.25) is 0 Å². The maximum Gasteiger partial charge on any atom is 0.490 e. The standard InChI is InChI=1S/C17H23FN2O2.C2HF3O2/c1-21-14-8-16-15(17(9-14)22-2)7-13(20-16)10-19-12-5-3-11(18)4-6-12;3-2(4,5)1(6)7/h7-9,11-12,19-20H,3-6,10H2,1-2H3;(H,6,7). The van der Waals surface area contributed by atoms with E-state index < -0.39 is 18.3 Å². The molecule has 0 radical (unpaired) electrons. The summed E-state index contributed by atoms with van der Waals surface area (Å²) in [5.74, 6) is -1.19. The van der Waals surface area contributed by atoms with Crippen LogP contribution in [0.2, 0.25) is 0 Å². The predicted octanol–water partition coefficient (Wildman–Crippen LogP) is 4.19. The zero-order chi connectivity index (χ0) is 21.6. The van der Waals surface area contributed by atoms with Crippen LogP contribution in [0.15, 0.2) is 18.2 Å². The molecule has 162 valence electrons. The van der Waals surface area contributed by atoms with Gasteiger partial charge in [0.15, 0.2) is 0 Å². The van der Waals surface area contributed by atoms with E-state index >= 15 is 0 Å². The number of aromatic amines is 1. The van der Waals surface area contributed by atoms with Crippen molar-refractivity contribution in [3.63, 3.8) is 0 Å². The van der Waals surface area contributed by atoms with Crippen LogP contribution >= 0.6 is 0 Å². The lowest BCUT2D eigenvalue weighted by Crippen LogP contribution is -2.33. The Morgan fingerprint density at radius 1 is 1.17 bits per heavy atom. The lowest BCUT2D eigenvalue weighted by Gasteiger charge is -2.24. The number of rotatable bonds is 5. The molecule has 0 aliphatic heterocycles. The molecule has 0 unspecified atom stereocenters. The Balaban J connectivity index is 0.000000370. The monoisotopic (exact) mass is 420 g/mol. The van der Waals surface area contributed by atoms with E-state index in [2.05, 4.69) is 16.4 Å². The average Bonchev–Trinajstić information content (AvgIpc) is 3.09. The summed E-state index contributed by atoms with van der Waals surface area (Å²) in [5.41, 5.74) is 2.10. The molecule has 1 aromatic heterocycles. The summed E-state index contributed by atoms with van der Waals surface area (Å²) >= 11 is 0. The summed E-state index contributed by atoms with van der Waals surface area (Å²) in [6.45, 7) is 0.752. The number of hydrogen-bond acceptors (Lipinski definition) is 4. The molecule has 3 N–H and O–H groups in total. The highest BCUT2D eigenvalue weighted by Crippen LogP contribution is 2.31. The molecule has 0 bridgehead atoms. The smallest absolute Gasteiger partial charge is 0.490 e. The molecular weight excluding hydrogens is 396 g/mol. The number of carbonyl (C=O) groups is 1. The van der Waals surface area contributed by atoms with Crippen LogP contribution in [0.4, 0.5) is 17.6 Å². The van der Waals surface area contributed by atoms with Crippen molar-refractivity contribution in [2.45, 2.75) is 50.6 Å². The van der Waals surface area contributed by atoms with Gasteiger partial charge in [0.2, 0.25) is 0 Å². The fourth-order valence-corrected chi connectivity index (χ4v) is 3.13. The number of halogens is 4. The van der Waals surface area contributed by atoms with Crippen molar-refractivity contribution in [3.8, 4) is 11.5 Å². The summed E-state index contributed by atoms with van der Waals surface area (Å²) in [6, 6.07) is 6.36. The maximum absolute atomic E-state index is 13.2. The number of carboxylic acid groups (broad SMARTS) is 1. The molecule has 1 aliphatic rings. The molecule has 1 fully saturated rings. The third-order valence-corrected chi connectivity index (χ3v) is 4.67. The van der Waals surface area contributed by atoms with E-state index in [4.69, 9.17) is 19.4 Å². The molecule has 1 saturated carbocycles. The first kappa shape index (κ1) is 22.8. The van der Waals surface area contributed by atoms with E-state index in [0.29, 0.717) is 18.9 Å². The van der Waals surface area contributed by atoms with Crippen molar-refractivity contribution in [3.05, 3.63) is 23.9 Å². The van der Waals surface area contributed by atoms with Gasteiger partial charge < -0.3 is 24.9 Å². The number of aliphatic carboxylic acids is 1. The number of benzene rings is 1. The minimum Gasteiger partial charge on any atom is -0.497 e. The summed E-state index contributed by atoms with van der Waals surface area (Å²) < 4.78 is 55.6. The Morgan fingerprint density at radius 2 is 1.79 bits per heavy atom. The van der Waals surface area contributed by atoms with Gasteiger partial charge >= 0.3 is 12.1 Å². The zero-order valence-electron chi connectivity index (χ0n) is 16.1. The quantitative estimate of drug-likeness (QED) is 0.632. The number of fused-ring (bicyclic) bond motifs is 1. The molecule has 2 aromatic rings. The maximum atomic E-state index is 13.2. The van der Waals surface area contributed by atoms with Crippen LogP contribution in [0.5, 0.6) is 11.5 Å². The van der Waals surface area contributed by atoms with Gasteiger partial charge in [0.25, 0.3) is 0 Å². The van der Waals surface area contributed by atoms with E-state index in [0.717, 1.165) is 47.5 Å². The minimum absolute atomic E-state index is 0.412. The lowest BCUT2D eigenvalue weighted by molar-refractivity contribution is -0.192. The molecule has 1 aromatic carbocycles. The third-order valence-electron chi connectivity index (χ3n) is 4.67. The highest BCUT2D eigenvalue weighted by atomic mass is 19.4. The highest BCUT2D eigenvalue weighted by Gasteiger charge is 2.38. The van der Waals surface area contributed by atoms with Gasteiger partial charge in [-0.2, -0.15) is 13.2 Å². The Bertz CT molecular complexity index is 814. The number of methoxy groups -OCH3 is 2. The molecule has 0 spiro atoms. The van der Waals surface area contributed by atoms with Crippen molar-refractivity contribution in [1.82, 2.24) is 10.3 Å². The van der Waals surface area contributed by atoms with Crippen LogP contribution in [0.3, 0.4) is 0 Å². The highest BCUT2D eigenvalue weighted by molar-refractivity contribution is 5.88. The SMILES string of the molecule is COc1cc(OC)c2cc(CNC3CCC(F)CC3)[nH]c2c1.O=C(O)C(F)(F)F. The van der Waals surface area contributed by atoms with Crippen molar-refractivity contribution in [2.75, 3.05) is 14.2 Å². The Kier molecular flexibility index (Phi) is 7.72. The number of hydrogen-bond donors (Lipinski definition) is 3. The second-order valence-corrected chi connectivity index (χ2v) is 6.72.